The molecule has 2 amide bonds. The minimum atomic E-state index is -1.60. The maximum atomic E-state index is 12.4. The van der Waals surface area contributed by atoms with Crippen LogP contribution in [0.2, 0.25) is 0 Å². The van der Waals surface area contributed by atoms with Crippen molar-refractivity contribution in [2.75, 3.05) is 6.54 Å². The third kappa shape index (κ3) is 2.45. The molecule has 0 radical (unpaired) electrons. The van der Waals surface area contributed by atoms with E-state index in [1.165, 1.54) is 4.90 Å². The molecule has 6 heteroatoms. The van der Waals surface area contributed by atoms with Gasteiger partial charge in [0.05, 0.1) is 5.25 Å². The van der Waals surface area contributed by atoms with E-state index < -0.39 is 10.9 Å². The number of thioether (sulfide) groups is 1. The molecular formula is C8H13FN2O2S. The summed E-state index contributed by atoms with van der Waals surface area (Å²) in [5, 5.41) is -0.631. The Bertz CT molecular complexity index is 247. The summed E-state index contributed by atoms with van der Waals surface area (Å²) in [7, 11) is 0. The lowest BCUT2D eigenvalue weighted by molar-refractivity contribution is -0.138. The topological polar surface area (TPSA) is 63.4 Å². The Balaban J connectivity index is 2.59. The molecule has 0 aromatic rings. The van der Waals surface area contributed by atoms with E-state index >= 15 is 0 Å². The first-order valence-corrected chi connectivity index (χ1v) is 5.40. The first kappa shape index (κ1) is 11.5. The predicted molar refractivity (Wildman–Crippen MR) is 52.1 cm³/mol. The Morgan fingerprint density at radius 1 is 1.71 bits per heavy atom. The maximum absolute atomic E-state index is 12.4. The van der Waals surface area contributed by atoms with Crippen LogP contribution in [0.25, 0.3) is 0 Å². The smallest absolute Gasteiger partial charge is 0.242 e. The van der Waals surface area contributed by atoms with Gasteiger partial charge in [0.15, 0.2) is 5.63 Å². The van der Waals surface area contributed by atoms with Gasteiger partial charge in [-0.2, -0.15) is 0 Å². The number of hydrogen-bond donors (Lipinski definition) is 1. The van der Waals surface area contributed by atoms with Crippen molar-refractivity contribution in [3.05, 3.63) is 0 Å². The Morgan fingerprint density at radius 3 is 2.86 bits per heavy atom. The van der Waals surface area contributed by atoms with Crippen molar-refractivity contribution >= 4 is 23.6 Å². The summed E-state index contributed by atoms with van der Waals surface area (Å²) in [6.45, 7) is 2.29. The zero-order valence-corrected chi connectivity index (χ0v) is 8.72. The fourth-order valence-electron chi connectivity index (χ4n) is 1.37. The number of halogens is 1. The molecular weight excluding hydrogens is 207 g/mol. The Kier molecular flexibility index (Phi) is 3.88. The van der Waals surface area contributed by atoms with Gasteiger partial charge in [-0.25, -0.2) is 4.39 Å². The summed E-state index contributed by atoms with van der Waals surface area (Å²) in [6.07, 6.45) is 0.789. The molecule has 1 fully saturated rings. The molecule has 2 N–H and O–H groups in total. The van der Waals surface area contributed by atoms with Gasteiger partial charge in [0.2, 0.25) is 11.8 Å². The standard InChI is InChI=1S/C8H13FN2O2S/c1-2-3-11-6(12)4-5(7(11)13)14-8(9)10/h5,8H,2-4,10H2,1H3. The lowest BCUT2D eigenvalue weighted by atomic mass is 10.4. The predicted octanol–water partition coefficient (Wildman–Crippen LogP) is 0.469. The highest BCUT2D eigenvalue weighted by Crippen LogP contribution is 2.27. The number of alkyl halides is 1. The van der Waals surface area contributed by atoms with E-state index in [0.717, 1.165) is 6.42 Å². The fraction of sp³-hybridized carbons (Fsp3) is 0.750. The summed E-state index contributed by atoms with van der Waals surface area (Å²) in [6, 6.07) is 0. The summed E-state index contributed by atoms with van der Waals surface area (Å²) in [5.74, 6) is -0.537. The minimum Gasteiger partial charge on any atom is -0.293 e. The summed E-state index contributed by atoms with van der Waals surface area (Å²) >= 11 is 0.703. The van der Waals surface area contributed by atoms with Crippen LogP contribution >= 0.6 is 11.8 Å². The number of imide groups is 1. The second-order valence-corrected chi connectivity index (χ2v) is 4.36. The molecule has 0 aliphatic carbocycles. The van der Waals surface area contributed by atoms with Crippen LogP contribution in [0.15, 0.2) is 0 Å². The van der Waals surface area contributed by atoms with Crippen LogP contribution < -0.4 is 5.73 Å². The number of likely N-dealkylation sites (tertiary alicyclic amines) is 1. The molecule has 0 aromatic heterocycles. The van der Waals surface area contributed by atoms with Gasteiger partial charge in [-0.15, -0.1) is 0 Å². The van der Waals surface area contributed by atoms with E-state index in [4.69, 9.17) is 5.73 Å². The van der Waals surface area contributed by atoms with E-state index in [-0.39, 0.29) is 18.2 Å². The van der Waals surface area contributed by atoms with Crippen LogP contribution in [0.4, 0.5) is 4.39 Å². The van der Waals surface area contributed by atoms with Crippen LogP contribution in [0.3, 0.4) is 0 Å². The van der Waals surface area contributed by atoms with Crippen molar-refractivity contribution in [3.8, 4) is 0 Å². The molecule has 1 rings (SSSR count). The second kappa shape index (κ2) is 4.75. The number of nitrogens with two attached hydrogens (primary N) is 1. The number of carbonyl (C=O) groups is 2. The lowest BCUT2D eigenvalue weighted by Gasteiger charge is -2.13. The Labute approximate surface area is 86.0 Å². The van der Waals surface area contributed by atoms with Gasteiger partial charge in [-0.05, 0) is 6.42 Å². The Hall–Kier alpha value is -0.620. The summed E-state index contributed by atoms with van der Waals surface area (Å²) < 4.78 is 12.4. The monoisotopic (exact) mass is 220 g/mol. The van der Waals surface area contributed by atoms with E-state index in [1.54, 1.807) is 0 Å². The molecule has 1 heterocycles. The van der Waals surface area contributed by atoms with Crippen molar-refractivity contribution in [1.82, 2.24) is 4.90 Å². The molecule has 1 saturated heterocycles. The molecule has 80 valence electrons. The molecule has 14 heavy (non-hydrogen) atoms. The lowest BCUT2D eigenvalue weighted by Crippen LogP contribution is -2.32. The molecule has 0 bridgehead atoms. The van der Waals surface area contributed by atoms with Gasteiger partial charge >= 0.3 is 0 Å². The van der Waals surface area contributed by atoms with Gasteiger partial charge in [0.1, 0.15) is 0 Å². The summed E-state index contributed by atoms with van der Waals surface area (Å²) in [4.78, 5) is 24.0. The molecule has 2 atom stereocenters. The largest absolute Gasteiger partial charge is 0.293 e. The third-order valence-electron chi connectivity index (χ3n) is 1.94. The zero-order chi connectivity index (χ0) is 10.7. The van der Waals surface area contributed by atoms with Gasteiger partial charge in [0.25, 0.3) is 0 Å². The van der Waals surface area contributed by atoms with Gasteiger partial charge in [-0.1, -0.05) is 18.7 Å². The van der Waals surface area contributed by atoms with Crippen molar-refractivity contribution < 1.29 is 14.0 Å². The molecule has 2 unspecified atom stereocenters. The highest BCUT2D eigenvalue weighted by Gasteiger charge is 2.39. The van der Waals surface area contributed by atoms with Crippen LogP contribution in [-0.4, -0.2) is 34.1 Å². The second-order valence-electron chi connectivity index (χ2n) is 3.06. The van der Waals surface area contributed by atoms with Gasteiger partial charge in [-0.3, -0.25) is 20.2 Å². The molecule has 4 nitrogen and oxygen atoms in total. The van der Waals surface area contributed by atoms with Crippen LogP contribution in [0.5, 0.6) is 0 Å². The maximum Gasteiger partial charge on any atom is 0.242 e. The number of rotatable bonds is 4. The van der Waals surface area contributed by atoms with Gasteiger partial charge < -0.3 is 0 Å². The average Bonchev–Trinajstić information content (AvgIpc) is 2.32. The van der Waals surface area contributed by atoms with E-state index in [9.17, 15) is 14.0 Å². The number of nitrogens with zero attached hydrogens (tertiary/aromatic N) is 1. The average molecular weight is 220 g/mol. The number of amides is 2. The number of carbonyl (C=O) groups excluding carboxylic acids is 2. The first-order valence-electron chi connectivity index (χ1n) is 4.45. The van der Waals surface area contributed by atoms with Crippen LogP contribution in [0, 0.1) is 0 Å². The SMILES string of the molecule is CCCN1C(=O)CC(SC(N)F)C1=O. The quantitative estimate of drug-likeness (QED) is 0.425. The highest BCUT2D eigenvalue weighted by atomic mass is 32.2. The molecule has 0 saturated carbocycles. The van der Waals surface area contributed by atoms with Crippen molar-refractivity contribution in [1.29, 1.82) is 0 Å². The van der Waals surface area contributed by atoms with E-state index in [2.05, 4.69) is 0 Å². The minimum absolute atomic E-state index is 0.0706. The highest BCUT2D eigenvalue weighted by molar-refractivity contribution is 8.01. The normalized spacial score (nSPS) is 24.5. The molecule has 0 aromatic carbocycles. The summed E-state index contributed by atoms with van der Waals surface area (Å²) in [5.41, 5.74) is 3.31. The fourth-order valence-corrected chi connectivity index (χ4v) is 2.17. The zero-order valence-electron chi connectivity index (χ0n) is 7.90. The van der Waals surface area contributed by atoms with Crippen molar-refractivity contribution in [2.24, 2.45) is 5.73 Å². The third-order valence-corrected chi connectivity index (χ3v) is 2.90. The van der Waals surface area contributed by atoms with Crippen LogP contribution in [0.1, 0.15) is 19.8 Å². The molecule has 1 aliphatic rings. The first-order chi connectivity index (χ1) is 6.56. The molecule has 1 aliphatic heterocycles. The van der Waals surface area contributed by atoms with E-state index in [1.807, 2.05) is 6.92 Å². The van der Waals surface area contributed by atoms with E-state index in [0.29, 0.717) is 18.3 Å². The van der Waals surface area contributed by atoms with Gasteiger partial charge in [0, 0.05) is 13.0 Å². The molecule has 0 spiro atoms. The van der Waals surface area contributed by atoms with Crippen LogP contribution in [-0.2, 0) is 9.59 Å². The Morgan fingerprint density at radius 2 is 2.36 bits per heavy atom. The van der Waals surface area contributed by atoms with Crippen molar-refractivity contribution in [2.45, 2.75) is 30.6 Å². The number of hydrogen-bond acceptors (Lipinski definition) is 4. The van der Waals surface area contributed by atoms with Crippen molar-refractivity contribution in [3.63, 3.8) is 0 Å².